The number of non-ortho nitro benzene ring substituents is 1. The zero-order valence-electron chi connectivity index (χ0n) is 18.5. The summed E-state index contributed by atoms with van der Waals surface area (Å²) in [6.45, 7) is 2.31. The summed E-state index contributed by atoms with van der Waals surface area (Å²) in [7, 11) is 0. The summed E-state index contributed by atoms with van der Waals surface area (Å²) in [6, 6.07) is 17.1. The summed E-state index contributed by atoms with van der Waals surface area (Å²) in [5.74, 6) is 0.269. The van der Waals surface area contributed by atoms with E-state index < -0.39 is 10.8 Å². The molecule has 0 atom stereocenters. The number of rotatable bonds is 9. The van der Waals surface area contributed by atoms with Gasteiger partial charge in [-0.3, -0.25) is 14.9 Å². The fourth-order valence-corrected chi connectivity index (χ4v) is 3.40. The highest BCUT2D eigenvalue weighted by Gasteiger charge is 2.15. The quantitative estimate of drug-likeness (QED) is 0.119. The Morgan fingerprint density at radius 2 is 1.80 bits per heavy atom. The lowest BCUT2D eigenvalue weighted by molar-refractivity contribution is -0.384. The molecule has 2 N–H and O–H groups in total. The van der Waals surface area contributed by atoms with Crippen LogP contribution in [0, 0.1) is 21.4 Å². The van der Waals surface area contributed by atoms with Crippen molar-refractivity contribution in [1.29, 1.82) is 5.26 Å². The fraction of sp³-hybridized carbons (Fsp3) is 0.120. The van der Waals surface area contributed by atoms with Gasteiger partial charge >= 0.3 is 0 Å². The number of anilines is 1. The molecular formula is C25H20BrN3O6. The molecule has 0 fully saturated rings. The van der Waals surface area contributed by atoms with Crippen molar-refractivity contribution in [3.63, 3.8) is 0 Å². The number of phenols is 1. The van der Waals surface area contributed by atoms with Crippen molar-refractivity contribution < 1.29 is 24.3 Å². The largest absolute Gasteiger partial charge is 0.508 e. The predicted octanol–water partition coefficient (Wildman–Crippen LogP) is 5.59. The molecule has 3 aromatic rings. The number of amides is 1. The molecule has 0 aromatic heterocycles. The van der Waals surface area contributed by atoms with Gasteiger partial charge in [0.2, 0.25) is 0 Å². The third-order valence-electron chi connectivity index (χ3n) is 4.69. The van der Waals surface area contributed by atoms with Crippen LogP contribution in [0.4, 0.5) is 11.4 Å². The number of benzene rings is 3. The Hall–Kier alpha value is -4.36. The van der Waals surface area contributed by atoms with E-state index in [4.69, 9.17) is 9.47 Å². The van der Waals surface area contributed by atoms with E-state index in [-0.39, 0.29) is 23.6 Å². The Labute approximate surface area is 209 Å². The summed E-state index contributed by atoms with van der Waals surface area (Å²) < 4.78 is 12.1. The van der Waals surface area contributed by atoms with E-state index in [2.05, 4.69) is 21.2 Å². The van der Waals surface area contributed by atoms with Gasteiger partial charge in [0.1, 0.15) is 24.0 Å². The van der Waals surface area contributed by atoms with E-state index in [9.17, 15) is 25.3 Å². The molecule has 0 saturated heterocycles. The number of carbonyl (C=O) groups is 1. The van der Waals surface area contributed by atoms with Crippen molar-refractivity contribution in [2.75, 3.05) is 11.9 Å². The van der Waals surface area contributed by atoms with Crippen LogP contribution in [0.2, 0.25) is 0 Å². The van der Waals surface area contributed by atoms with Gasteiger partial charge in [-0.25, -0.2) is 0 Å². The zero-order chi connectivity index (χ0) is 25.4. The third kappa shape index (κ3) is 6.82. The van der Waals surface area contributed by atoms with Gasteiger partial charge in [-0.15, -0.1) is 0 Å². The Morgan fingerprint density at radius 1 is 1.14 bits per heavy atom. The van der Waals surface area contributed by atoms with Gasteiger partial charge < -0.3 is 19.9 Å². The molecule has 0 aliphatic carbocycles. The second-order valence-electron chi connectivity index (χ2n) is 7.14. The molecule has 9 nitrogen and oxygen atoms in total. The predicted molar refractivity (Wildman–Crippen MR) is 133 cm³/mol. The number of nitro groups is 1. The molecule has 0 aliphatic heterocycles. The summed E-state index contributed by atoms with van der Waals surface area (Å²) in [5.41, 5.74) is 1.54. The van der Waals surface area contributed by atoms with Gasteiger partial charge in [-0.2, -0.15) is 5.26 Å². The number of nitriles is 1. The second kappa shape index (κ2) is 11.7. The number of carbonyl (C=O) groups excluding carboxylic acids is 1. The van der Waals surface area contributed by atoms with Crippen molar-refractivity contribution in [2.24, 2.45) is 0 Å². The fourth-order valence-electron chi connectivity index (χ4n) is 2.96. The van der Waals surface area contributed by atoms with E-state index >= 15 is 0 Å². The highest BCUT2D eigenvalue weighted by Crippen LogP contribution is 2.35. The first-order chi connectivity index (χ1) is 16.8. The number of ether oxygens (including phenoxy) is 2. The second-order valence-corrected chi connectivity index (χ2v) is 7.99. The molecule has 0 bridgehead atoms. The maximum atomic E-state index is 12.6. The summed E-state index contributed by atoms with van der Waals surface area (Å²) in [4.78, 5) is 22.9. The molecule has 0 aliphatic rings. The van der Waals surface area contributed by atoms with E-state index in [0.29, 0.717) is 33.8 Å². The minimum atomic E-state index is -0.610. The Kier molecular flexibility index (Phi) is 8.43. The number of nitrogens with one attached hydrogen (secondary N) is 1. The molecule has 178 valence electrons. The SMILES string of the molecule is CCOc1cc(/C=C(\C#N)C(=O)Nc2ccc(O)cc2)c(Br)cc1OCc1ccc([N+](=O)[O-])cc1. The van der Waals surface area contributed by atoms with Crippen LogP contribution in [0.15, 0.2) is 70.7 Å². The van der Waals surface area contributed by atoms with Gasteiger partial charge in [0, 0.05) is 22.3 Å². The zero-order valence-corrected chi connectivity index (χ0v) is 20.1. The van der Waals surface area contributed by atoms with Crippen LogP contribution in [0.3, 0.4) is 0 Å². The Balaban J connectivity index is 1.81. The molecule has 0 unspecified atom stereocenters. The molecule has 10 heteroatoms. The number of hydrogen-bond donors (Lipinski definition) is 2. The normalized spacial score (nSPS) is 10.8. The summed E-state index contributed by atoms with van der Waals surface area (Å²) >= 11 is 3.44. The molecule has 1 amide bonds. The molecule has 0 heterocycles. The number of aromatic hydroxyl groups is 1. The van der Waals surface area contributed by atoms with Crippen LogP contribution >= 0.6 is 15.9 Å². The Bertz CT molecular complexity index is 1300. The summed E-state index contributed by atoms with van der Waals surface area (Å²) in [5, 5.41) is 32.3. The van der Waals surface area contributed by atoms with Gasteiger partial charge in [0.15, 0.2) is 11.5 Å². The minimum Gasteiger partial charge on any atom is -0.508 e. The van der Waals surface area contributed by atoms with Crippen molar-refractivity contribution in [2.45, 2.75) is 13.5 Å². The van der Waals surface area contributed by atoms with E-state index in [1.807, 2.05) is 13.0 Å². The van der Waals surface area contributed by atoms with Crippen molar-refractivity contribution in [1.82, 2.24) is 0 Å². The average Bonchev–Trinajstić information content (AvgIpc) is 2.84. The topological polar surface area (TPSA) is 135 Å². The number of nitro benzene ring substituents is 1. The number of nitrogens with zero attached hydrogens (tertiary/aromatic N) is 2. The van der Waals surface area contributed by atoms with Crippen LogP contribution in [0.1, 0.15) is 18.1 Å². The van der Waals surface area contributed by atoms with Crippen molar-refractivity contribution >= 4 is 39.3 Å². The van der Waals surface area contributed by atoms with Crippen LogP contribution in [-0.4, -0.2) is 22.5 Å². The van der Waals surface area contributed by atoms with Crippen LogP contribution in [0.25, 0.3) is 6.08 Å². The van der Waals surface area contributed by atoms with Crippen molar-refractivity contribution in [3.05, 3.63) is 92.0 Å². The lowest BCUT2D eigenvalue weighted by Gasteiger charge is -2.14. The van der Waals surface area contributed by atoms with Gasteiger partial charge in [-0.05, 0) is 72.7 Å². The average molecular weight is 538 g/mol. The van der Waals surface area contributed by atoms with Crippen molar-refractivity contribution in [3.8, 4) is 23.3 Å². The minimum absolute atomic E-state index is 0.00890. The first kappa shape index (κ1) is 25.3. The highest BCUT2D eigenvalue weighted by atomic mass is 79.9. The molecular weight excluding hydrogens is 518 g/mol. The van der Waals surface area contributed by atoms with E-state index in [0.717, 1.165) is 5.56 Å². The highest BCUT2D eigenvalue weighted by molar-refractivity contribution is 9.10. The summed E-state index contributed by atoms with van der Waals surface area (Å²) in [6.07, 6.45) is 1.42. The van der Waals surface area contributed by atoms with Crippen LogP contribution in [-0.2, 0) is 11.4 Å². The molecule has 0 saturated carbocycles. The van der Waals surface area contributed by atoms with Crippen LogP contribution in [0.5, 0.6) is 17.2 Å². The third-order valence-corrected chi connectivity index (χ3v) is 5.38. The van der Waals surface area contributed by atoms with Gasteiger partial charge in [0.25, 0.3) is 11.6 Å². The standard InChI is InChI=1S/C25H20BrN3O6/c1-2-34-23-12-17(11-18(14-27)25(31)28-19-5-9-21(30)10-6-19)22(26)13-24(23)35-15-16-3-7-20(8-4-16)29(32)33/h3-13,30H,2,15H2,1H3,(H,28,31)/b18-11+. The number of halogens is 1. The first-order valence-corrected chi connectivity index (χ1v) is 11.1. The molecule has 0 spiro atoms. The smallest absolute Gasteiger partial charge is 0.269 e. The molecule has 0 radical (unpaired) electrons. The molecule has 3 rings (SSSR count). The Morgan fingerprint density at radius 3 is 2.40 bits per heavy atom. The molecule has 35 heavy (non-hydrogen) atoms. The molecule has 3 aromatic carbocycles. The van der Waals surface area contributed by atoms with E-state index in [1.54, 1.807) is 24.3 Å². The first-order valence-electron chi connectivity index (χ1n) is 10.4. The van der Waals surface area contributed by atoms with Crippen LogP contribution < -0.4 is 14.8 Å². The number of hydrogen-bond acceptors (Lipinski definition) is 7. The maximum Gasteiger partial charge on any atom is 0.269 e. The lowest BCUT2D eigenvalue weighted by Crippen LogP contribution is -2.13. The monoisotopic (exact) mass is 537 g/mol. The number of phenolic OH excluding ortho intramolecular Hbond substituents is 1. The van der Waals surface area contributed by atoms with E-state index in [1.165, 1.54) is 42.5 Å². The van der Waals surface area contributed by atoms with Gasteiger partial charge in [0.05, 0.1) is 11.5 Å². The van der Waals surface area contributed by atoms with Gasteiger partial charge in [-0.1, -0.05) is 15.9 Å². The lowest BCUT2D eigenvalue weighted by atomic mass is 10.1. The maximum absolute atomic E-state index is 12.6.